The molecule has 0 fully saturated rings. The van der Waals surface area contributed by atoms with Crippen molar-refractivity contribution in [3.63, 3.8) is 0 Å². The molecule has 0 saturated carbocycles. The highest BCUT2D eigenvalue weighted by Crippen LogP contribution is 2.29. The zero-order valence-electron chi connectivity index (χ0n) is 8.21. The number of nitrogens with one attached hydrogen (secondary N) is 1. The van der Waals surface area contributed by atoms with Gasteiger partial charge in [-0.2, -0.15) is 4.98 Å². The van der Waals surface area contributed by atoms with Crippen LogP contribution in [0.2, 0.25) is 0 Å². The molecule has 0 aliphatic rings. The first-order chi connectivity index (χ1) is 7.56. The Morgan fingerprint density at radius 2 is 2.38 bits per heavy atom. The minimum Gasteiger partial charge on any atom is -0.480 e. The Kier molecular flexibility index (Phi) is 3.53. The van der Waals surface area contributed by atoms with Gasteiger partial charge in [-0.1, -0.05) is 0 Å². The molecule has 1 rings (SSSR count). The summed E-state index contributed by atoms with van der Waals surface area (Å²) >= 11 is 0. The number of hydrogen-bond donors (Lipinski definition) is 2. The van der Waals surface area contributed by atoms with Crippen molar-refractivity contribution in [1.29, 1.82) is 0 Å². The van der Waals surface area contributed by atoms with Crippen molar-refractivity contribution in [1.82, 2.24) is 9.97 Å². The summed E-state index contributed by atoms with van der Waals surface area (Å²) in [4.78, 5) is 27.4. The molecule has 9 heteroatoms. The molecular formula is C7H8N4O5. The highest BCUT2D eigenvalue weighted by atomic mass is 16.6. The normalized spacial score (nSPS) is 9.56. The number of rotatable bonds is 5. The molecule has 0 bridgehead atoms. The van der Waals surface area contributed by atoms with Gasteiger partial charge in [0.2, 0.25) is 5.82 Å². The number of methoxy groups -OCH3 is 1. The summed E-state index contributed by atoms with van der Waals surface area (Å²) in [7, 11) is 1.22. The molecular weight excluding hydrogens is 220 g/mol. The zero-order valence-corrected chi connectivity index (χ0v) is 8.21. The molecule has 0 radical (unpaired) electrons. The number of aromatic nitrogens is 2. The van der Waals surface area contributed by atoms with E-state index in [4.69, 9.17) is 5.11 Å². The smallest absolute Gasteiger partial charge is 0.372 e. The topological polar surface area (TPSA) is 127 Å². The Labute approximate surface area is 89.2 Å². The van der Waals surface area contributed by atoms with E-state index in [-0.39, 0.29) is 11.7 Å². The molecule has 0 aliphatic heterocycles. The van der Waals surface area contributed by atoms with Gasteiger partial charge < -0.3 is 15.2 Å². The maximum Gasteiger partial charge on any atom is 0.372 e. The first kappa shape index (κ1) is 11.6. The molecule has 0 saturated heterocycles. The first-order valence-corrected chi connectivity index (χ1v) is 4.05. The van der Waals surface area contributed by atoms with Crippen LogP contribution >= 0.6 is 0 Å². The predicted octanol–water partition coefficient (Wildman–Crippen LogP) is -0.110. The monoisotopic (exact) mass is 228 g/mol. The second-order valence-corrected chi connectivity index (χ2v) is 2.58. The summed E-state index contributed by atoms with van der Waals surface area (Å²) < 4.78 is 4.67. The summed E-state index contributed by atoms with van der Waals surface area (Å²) in [5.41, 5.74) is -0.494. The van der Waals surface area contributed by atoms with Crippen molar-refractivity contribution in [2.75, 3.05) is 19.0 Å². The van der Waals surface area contributed by atoms with Gasteiger partial charge in [-0.25, -0.2) is 4.98 Å². The number of ether oxygens (including phenoxy) is 1. The molecule has 9 nitrogen and oxygen atoms in total. The maximum atomic E-state index is 10.7. The van der Waals surface area contributed by atoms with E-state index >= 15 is 0 Å². The van der Waals surface area contributed by atoms with E-state index in [0.29, 0.717) is 0 Å². The third-order valence-electron chi connectivity index (χ3n) is 1.57. The Morgan fingerprint density at radius 3 is 2.88 bits per heavy atom. The summed E-state index contributed by atoms with van der Waals surface area (Å²) in [5, 5.41) is 21.4. The van der Waals surface area contributed by atoms with Crippen LogP contribution in [0.5, 0.6) is 5.88 Å². The molecule has 0 atom stereocenters. The van der Waals surface area contributed by atoms with Crippen LogP contribution < -0.4 is 10.1 Å². The van der Waals surface area contributed by atoms with E-state index in [1.165, 1.54) is 7.11 Å². The van der Waals surface area contributed by atoms with Crippen LogP contribution in [0.25, 0.3) is 0 Å². The molecule has 1 aromatic heterocycles. The van der Waals surface area contributed by atoms with Crippen molar-refractivity contribution in [2.45, 2.75) is 0 Å². The van der Waals surface area contributed by atoms with Gasteiger partial charge in [0.05, 0.1) is 12.0 Å². The molecule has 0 aromatic carbocycles. The fourth-order valence-electron chi connectivity index (χ4n) is 0.965. The number of aliphatic carboxylic acids is 1. The summed E-state index contributed by atoms with van der Waals surface area (Å²) in [5.74, 6) is -1.58. The average molecular weight is 228 g/mol. The third-order valence-corrected chi connectivity index (χ3v) is 1.57. The fraction of sp³-hybridized carbons (Fsp3) is 0.286. The van der Waals surface area contributed by atoms with Crippen LogP contribution in [0.15, 0.2) is 6.33 Å². The summed E-state index contributed by atoms with van der Waals surface area (Å²) in [6.45, 7) is -0.485. The van der Waals surface area contributed by atoms with E-state index < -0.39 is 23.1 Å². The highest BCUT2D eigenvalue weighted by molar-refractivity contribution is 5.74. The number of anilines is 1. The number of nitro groups is 1. The van der Waals surface area contributed by atoms with Crippen LogP contribution in [0.4, 0.5) is 11.5 Å². The Balaban J connectivity index is 3.07. The third kappa shape index (κ3) is 2.53. The molecule has 0 amide bonds. The lowest BCUT2D eigenvalue weighted by Crippen LogP contribution is -2.15. The van der Waals surface area contributed by atoms with E-state index in [2.05, 4.69) is 20.0 Å². The lowest BCUT2D eigenvalue weighted by Gasteiger charge is -2.05. The van der Waals surface area contributed by atoms with Gasteiger partial charge >= 0.3 is 11.7 Å². The molecule has 0 aliphatic carbocycles. The van der Waals surface area contributed by atoms with E-state index in [1.54, 1.807) is 0 Å². The van der Waals surface area contributed by atoms with Crippen LogP contribution in [0.1, 0.15) is 0 Å². The summed E-state index contributed by atoms with van der Waals surface area (Å²) in [6.07, 6.45) is 1.04. The second-order valence-electron chi connectivity index (χ2n) is 2.58. The van der Waals surface area contributed by atoms with E-state index in [0.717, 1.165) is 6.33 Å². The van der Waals surface area contributed by atoms with Crippen molar-refractivity contribution in [3.8, 4) is 5.88 Å². The van der Waals surface area contributed by atoms with Crippen LogP contribution in [0.3, 0.4) is 0 Å². The van der Waals surface area contributed by atoms with E-state index in [1.807, 2.05) is 0 Å². The number of carbonyl (C=O) groups is 1. The molecule has 1 heterocycles. The number of hydrogen-bond acceptors (Lipinski definition) is 7. The zero-order chi connectivity index (χ0) is 12.1. The Hall–Kier alpha value is -2.45. The van der Waals surface area contributed by atoms with Crippen molar-refractivity contribution in [2.24, 2.45) is 0 Å². The first-order valence-electron chi connectivity index (χ1n) is 4.05. The molecule has 0 unspecified atom stereocenters. The van der Waals surface area contributed by atoms with Gasteiger partial charge in [-0.3, -0.25) is 14.9 Å². The molecule has 86 valence electrons. The van der Waals surface area contributed by atoms with Gasteiger partial charge in [0.15, 0.2) is 0 Å². The second kappa shape index (κ2) is 4.87. The van der Waals surface area contributed by atoms with Crippen LogP contribution in [-0.2, 0) is 4.79 Å². The minimum absolute atomic E-state index is 0.195. The average Bonchev–Trinajstić information content (AvgIpc) is 2.25. The molecule has 1 aromatic rings. The molecule has 16 heavy (non-hydrogen) atoms. The van der Waals surface area contributed by atoms with Crippen LogP contribution in [-0.4, -0.2) is 39.6 Å². The van der Waals surface area contributed by atoms with Gasteiger partial charge in [0, 0.05) is 0 Å². The highest BCUT2D eigenvalue weighted by Gasteiger charge is 2.23. The van der Waals surface area contributed by atoms with Gasteiger partial charge in [0.1, 0.15) is 12.9 Å². The van der Waals surface area contributed by atoms with Gasteiger partial charge in [0.25, 0.3) is 5.88 Å². The number of carboxylic acids is 1. The lowest BCUT2D eigenvalue weighted by molar-refractivity contribution is -0.385. The number of nitrogens with zero attached hydrogens (tertiary/aromatic N) is 3. The minimum atomic E-state index is -1.16. The Bertz CT molecular complexity index is 421. The SMILES string of the molecule is COc1ncnc(NCC(=O)O)c1[N+](=O)[O-]. The largest absolute Gasteiger partial charge is 0.480 e. The Morgan fingerprint density at radius 1 is 1.69 bits per heavy atom. The molecule has 2 N–H and O–H groups in total. The summed E-state index contributed by atoms with van der Waals surface area (Å²) in [6, 6.07) is 0. The number of carboxylic acid groups (broad SMARTS) is 1. The van der Waals surface area contributed by atoms with Gasteiger partial charge in [-0.05, 0) is 0 Å². The van der Waals surface area contributed by atoms with E-state index in [9.17, 15) is 14.9 Å². The van der Waals surface area contributed by atoms with Gasteiger partial charge in [-0.15, -0.1) is 0 Å². The van der Waals surface area contributed by atoms with Crippen molar-refractivity contribution < 1.29 is 19.6 Å². The lowest BCUT2D eigenvalue weighted by atomic mass is 10.4. The fourth-order valence-corrected chi connectivity index (χ4v) is 0.965. The quantitative estimate of drug-likeness (QED) is 0.527. The standard InChI is InChI=1S/C7H8N4O5/c1-16-7-5(11(14)15)6(9-3-10-7)8-2-4(12)13/h3H,2H2,1H3,(H,12,13)(H,8,9,10). The molecule has 0 spiro atoms. The van der Waals surface area contributed by atoms with Crippen LogP contribution in [0, 0.1) is 10.1 Å². The van der Waals surface area contributed by atoms with Crippen molar-refractivity contribution >= 4 is 17.5 Å². The predicted molar refractivity (Wildman–Crippen MR) is 51.4 cm³/mol. The van der Waals surface area contributed by atoms with Crippen molar-refractivity contribution in [3.05, 3.63) is 16.4 Å². The maximum absolute atomic E-state index is 10.7.